The molecule has 0 aliphatic heterocycles. The Morgan fingerprint density at radius 2 is 1.68 bits per heavy atom. The monoisotopic (exact) mass is 341 g/mol. The summed E-state index contributed by atoms with van der Waals surface area (Å²) < 4.78 is 5.71. The Labute approximate surface area is 151 Å². The summed E-state index contributed by atoms with van der Waals surface area (Å²) in [5, 5.41) is 3.25. The van der Waals surface area contributed by atoms with Crippen molar-refractivity contribution in [2.75, 3.05) is 13.2 Å². The molecule has 0 aromatic heterocycles. The first-order valence-corrected chi connectivity index (χ1v) is 10.1. The second-order valence-electron chi connectivity index (χ2n) is 8.96. The Balaban J connectivity index is 1.17. The van der Waals surface area contributed by atoms with Gasteiger partial charge in [0.25, 0.3) is 0 Å². The second kappa shape index (κ2) is 7.01. The highest BCUT2D eigenvalue weighted by Gasteiger charge is 2.50. The molecule has 1 aromatic carbocycles. The van der Waals surface area contributed by atoms with Crippen molar-refractivity contribution in [3.63, 3.8) is 0 Å². The van der Waals surface area contributed by atoms with E-state index in [9.17, 15) is 4.79 Å². The maximum absolute atomic E-state index is 12.2. The lowest BCUT2D eigenvalue weighted by Crippen LogP contribution is -2.51. The van der Waals surface area contributed by atoms with Crippen LogP contribution >= 0.6 is 0 Å². The van der Waals surface area contributed by atoms with Crippen molar-refractivity contribution in [2.45, 2.75) is 58.3 Å². The van der Waals surface area contributed by atoms with E-state index in [-0.39, 0.29) is 5.91 Å². The van der Waals surface area contributed by atoms with Crippen LogP contribution in [-0.4, -0.2) is 19.1 Å². The number of hydrogen-bond donors (Lipinski definition) is 1. The largest absolute Gasteiger partial charge is 0.494 e. The molecule has 4 aliphatic rings. The van der Waals surface area contributed by atoms with Crippen molar-refractivity contribution in [1.82, 2.24) is 5.32 Å². The molecule has 0 unspecified atom stereocenters. The fourth-order valence-corrected chi connectivity index (χ4v) is 5.94. The number of nitrogens with one attached hydrogen (secondary N) is 1. The summed E-state index contributed by atoms with van der Waals surface area (Å²) in [4.78, 5) is 12.2. The van der Waals surface area contributed by atoms with Crippen LogP contribution in [0.25, 0.3) is 0 Å². The summed E-state index contributed by atoms with van der Waals surface area (Å²) in [5.41, 5.74) is 1.67. The third kappa shape index (κ3) is 4.02. The van der Waals surface area contributed by atoms with Gasteiger partial charge in [-0.05, 0) is 87.2 Å². The molecular formula is C22H31NO2. The van der Waals surface area contributed by atoms with Gasteiger partial charge >= 0.3 is 0 Å². The van der Waals surface area contributed by atoms with Gasteiger partial charge in [-0.2, -0.15) is 0 Å². The molecule has 1 amide bonds. The maximum Gasteiger partial charge on any atom is 0.220 e. The highest BCUT2D eigenvalue weighted by atomic mass is 16.5. The van der Waals surface area contributed by atoms with Crippen molar-refractivity contribution in [1.29, 1.82) is 0 Å². The molecule has 5 rings (SSSR count). The Morgan fingerprint density at radius 1 is 1.08 bits per heavy atom. The van der Waals surface area contributed by atoms with E-state index in [4.69, 9.17) is 4.74 Å². The number of rotatable bonds is 7. The van der Waals surface area contributed by atoms with Gasteiger partial charge in [-0.3, -0.25) is 4.79 Å². The first-order chi connectivity index (χ1) is 12.1. The van der Waals surface area contributed by atoms with Crippen LogP contribution in [0.15, 0.2) is 24.3 Å². The van der Waals surface area contributed by atoms with Crippen LogP contribution in [0.2, 0.25) is 0 Å². The summed E-state index contributed by atoms with van der Waals surface area (Å²) in [6, 6.07) is 8.08. The normalized spacial score (nSPS) is 32.6. The van der Waals surface area contributed by atoms with Gasteiger partial charge in [0.15, 0.2) is 0 Å². The number of benzene rings is 1. The van der Waals surface area contributed by atoms with E-state index in [1.165, 1.54) is 44.1 Å². The molecular weight excluding hydrogens is 310 g/mol. The molecule has 4 saturated carbocycles. The van der Waals surface area contributed by atoms with Crippen LogP contribution in [0.3, 0.4) is 0 Å². The summed E-state index contributed by atoms with van der Waals surface area (Å²) in [6.07, 6.45) is 9.80. The molecule has 25 heavy (non-hydrogen) atoms. The standard InChI is InChI=1S/C22H31NO2/c1-16-4-6-20(7-5-16)25-8-2-3-21(24)23-15-22-12-17-9-18(13-22)11-19(10-17)14-22/h4-7,17-19H,2-3,8-15H2,1H3,(H,23,24). The van der Waals surface area contributed by atoms with Crippen molar-refractivity contribution >= 4 is 5.91 Å². The lowest BCUT2D eigenvalue weighted by molar-refractivity contribution is -0.123. The van der Waals surface area contributed by atoms with E-state index in [0.29, 0.717) is 18.4 Å². The van der Waals surface area contributed by atoms with E-state index in [2.05, 4.69) is 12.2 Å². The van der Waals surface area contributed by atoms with Crippen LogP contribution in [0, 0.1) is 30.1 Å². The maximum atomic E-state index is 12.2. The lowest BCUT2D eigenvalue weighted by Gasteiger charge is -2.56. The van der Waals surface area contributed by atoms with Crippen LogP contribution in [-0.2, 0) is 4.79 Å². The van der Waals surface area contributed by atoms with E-state index >= 15 is 0 Å². The Hall–Kier alpha value is -1.51. The van der Waals surface area contributed by atoms with Gasteiger partial charge in [-0.15, -0.1) is 0 Å². The zero-order valence-corrected chi connectivity index (χ0v) is 15.4. The van der Waals surface area contributed by atoms with Crippen molar-refractivity contribution in [3.8, 4) is 5.75 Å². The molecule has 4 aliphatic carbocycles. The number of carbonyl (C=O) groups is 1. The van der Waals surface area contributed by atoms with Gasteiger partial charge in [0.2, 0.25) is 5.91 Å². The summed E-state index contributed by atoms with van der Waals surface area (Å²) in [5.74, 6) is 3.94. The van der Waals surface area contributed by atoms with Crippen LogP contribution in [0.5, 0.6) is 5.75 Å². The predicted molar refractivity (Wildman–Crippen MR) is 99.5 cm³/mol. The van der Waals surface area contributed by atoms with E-state index in [0.717, 1.165) is 36.5 Å². The summed E-state index contributed by atoms with van der Waals surface area (Å²) in [6.45, 7) is 3.58. The summed E-state index contributed by atoms with van der Waals surface area (Å²) >= 11 is 0. The number of amides is 1. The van der Waals surface area contributed by atoms with Gasteiger partial charge in [0, 0.05) is 13.0 Å². The zero-order valence-electron chi connectivity index (χ0n) is 15.4. The van der Waals surface area contributed by atoms with E-state index in [1.807, 2.05) is 24.3 Å². The summed E-state index contributed by atoms with van der Waals surface area (Å²) in [7, 11) is 0. The Morgan fingerprint density at radius 3 is 2.28 bits per heavy atom. The van der Waals surface area contributed by atoms with E-state index < -0.39 is 0 Å². The fraction of sp³-hybridized carbons (Fsp3) is 0.682. The van der Waals surface area contributed by atoms with Crippen molar-refractivity contribution < 1.29 is 9.53 Å². The van der Waals surface area contributed by atoms with Crippen LogP contribution in [0.1, 0.15) is 56.9 Å². The molecule has 0 spiro atoms. The average Bonchev–Trinajstić information content (AvgIpc) is 2.57. The Bertz CT molecular complexity index is 572. The minimum atomic E-state index is 0.197. The molecule has 0 atom stereocenters. The van der Waals surface area contributed by atoms with Crippen molar-refractivity contribution in [2.24, 2.45) is 23.2 Å². The molecule has 3 heteroatoms. The minimum Gasteiger partial charge on any atom is -0.494 e. The number of ether oxygens (including phenoxy) is 1. The molecule has 0 radical (unpaired) electrons. The molecule has 1 N–H and O–H groups in total. The van der Waals surface area contributed by atoms with Crippen molar-refractivity contribution in [3.05, 3.63) is 29.8 Å². The minimum absolute atomic E-state index is 0.197. The lowest BCUT2D eigenvalue weighted by atomic mass is 9.49. The molecule has 0 saturated heterocycles. The highest BCUT2D eigenvalue weighted by Crippen LogP contribution is 2.59. The third-order valence-electron chi connectivity index (χ3n) is 6.66. The molecule has 4 bridgehead atoms. The van der Waals surface area contributed by atoms with Crippen LogP contribution < -0.4 is 10.1 Å². The van der Waals surface area contributed by atoms with Gasteiger partial charge in [-0.1, -0.05) is 17.7 Å². The van der Waals surface area contributed by atoms with Gasteiger partial charge < -0.3 is 10.1 Å². The Kier molecular flexibility index (Phi) is 4.75. The quantitative estimate of drug-likeness (QED) is 0.742. The van der Waals surface area contributed by atoms with Crippen LogP contribution in [0.4, 0.5) is 0 Å². The molecule has 136 valence electrons. The van der Waals surface area contributed by atoms with Gasteiger partial charge in [0.05, 0.1) is 6.61 Å². The number of aryl methyl sites for hydroxylation is 1. The van der Waals surface area contributed by atoms with Gasteiger partial charge in [0.1, 0.15) is 5.75 Å². The van der Waals surface area contributed by atoms with Gasteiger partial charge in [-0.25, -0.2) is 0 Å². The molecule has 0 heterocycles. The topological polar surface area (TPSA) is 38.3 Å². The second-order valence-corrected chi connectivity index (χ2v) is 8.96. The predicted octanol–water partition coefficient (Wildman–Crippen LogP) is 4.49. The average molecular weight is 341 g/mol. The highest BCUT2D eigenvalue weighted by molar-refractivity contribution is 5.75. The smallest absolute Gasteiger partial charge is 0.220 e. The molecule has 3 nitrogen and oxygen atoms in total. The third-order valence-corrected chi connectivity index (χ3v) is 6.66. The first-order valence-electron chi connectivity index (χ1n) is 10.1. The SMILES string of the molecule is Cc1ccc(OCCCC(=O)NCC23CC4CC(CC(C4)C2)C3)cc1. The zero-order chi connectivity index (χ0) is 17.3. The molecule has 4 fully saturated rings. The fourth-order valence-electron chi connectivity index (χ4n) is 5.94. The number of carbonyl (C=O) groups excluding carboxylic acids is 1. The number of hydrogen-bond acceptors (Lipinski definition) is 2. The first kappa shape index (κ1) is 16.9. The molecule has 1 aromatic rings. The van der Waals surface area contributed by atoms with E-state index in [1.54, 1.807) is 0 Å².